The molecule has 0 aliphatic heterocycles. The van der Waals surface area contributed by atoms with Crippen molar-refractivity contribution in [3.05, 3.63) is 10.4 Å². The fourth-order valence-corrected chi connectivity index (χ4v) is 0.996. The molecule has 0 bridgehead atoms. The fourth-order valence-electron chi connectivity index (χ4n) is 0.0213. The summed E-state index contributed by atoms with van der Waals surface area (Å²) in [5.41, 5.74) is 1.44. The summed E-state index contributed by atoms with van der Waals surface area (Å²) >= 11 is 4.94. The van der Waals surface area contributed by atoms with Gasteiger partial charge in [-0.15, -0.1) is 0 Å². The van der Waals surface area contributed by atoms with E-state index in [1.807, 2.05) is 0 Å². The zero-order valence-electron chi connectivity index (χ0n) is 2.36. The van der Waals surface area contributed by atoms with Gasteiger partial charge in [0.15, 0.2) is 0 Å². The molecule has 29 valence electrons. The van der Waals surface area contributed by atoms with Crippen LogP contribution in [0.25, 0.3) is 0 Å². The van der Waals surface area contributed by atoms with Crippen LogP contribution in [0.15, 0.2) is 10.4 Å². The number of halogens is 2. The molecule has 0 saturated carbocycles. The predicted molar refractivity (Wildman–Crippen MR) is 26.6 cm³/mol. The first kappa shape index (κ1) is 5.88. The Labute approximate surface area is 47.0 Å². The minimum absolute atomic E-state index is 0.124. The molecule has 0 saturated heterocycles. The van der Waals surface area contributed by atoms with Crippen molar-refractivity contribution in [2.75, 3.05) is 0 Å². The molecule has 0 atom stereocenters. The molecular weight excluding hydrogens is 170 g/mol. The molecule has 0 nitrogen and oxygen atoms in total. The molecule has 0 rings (SSSR count). The molecule has 0 spiro atoms. The van der Waals surface area contributed by atoms with Gasteiger partial charge in [0.2, 0.25) is 0 Å². The van der Waals surface area contributed by atoms with E-state index in [4.69, 9.17) is 21.6 Å². The quantitative estimate of drug-likeness (QED) is 0.526. The van der Waals surface area contributed by atoms with Gasteiger partial charge in [-0.2, -0.15) is 0 Å². The average molecular weight is 172 g/mol. The Balaban J connectivity index is 2.62. The second kappa shape index (κ2) is 4.88. The van der Waals surface area contributed by atoms with Gasteiger partial charge in [0.1, 0.15) is 0 Å². The molecule has 0 aromatic carbocycles. The van der Waals surface area contributed by atoms with Gasteiger partial charge in [0.25, 0.3) is 0 Å². The summed E-state index contributed by atoms with van der Waals surface area (Å²) in [7, 11) is 5.22. The molecule has 0 heterocycles. The van der Waals surface area contributed by atoms with Crippen molar-refractivity contribution in [1.29, 1.82) is 0 Å². The van der Waals surface area contributed by atoms with Gasteiger partial charge in [-0.05, 0) is 0 Å². The molecule has 0 amide bonds. The van der Waals surface area contributed by atoms with Crippen molar-refractivity contribution < 1.29 is 0 Å². The van der Waals surface area contributed by atoms with Crippen LogP contribution in [0.2, 0.25) is 0 Å². The third-order valence-electron chi connectivity index (χ3n) is 0.113. The Kier molecular flexibility index (Phi) is 5.74. The van der Waals surface area contributed by atoms with Crippen LogP contribution in [0.3, 0.4) is 0 Å². The SMILES string of the molecule is Cl/C=C/[As]Cl. The molecular formula is C2H2AsCl2. The van der Waals surface area contributed by atoms with E-state index in [0.29, 0.717) is 0 Å². The minimum atomic E-state index is -0.124. The molecule has 0 aliphatic carbocycles. The van der Waals surface area contributed by atoms with E-state index < -0.39 is 0 Å². The molecule has 0 N–H and O–H groups in total. The standard InChI is InChI=1S/C2H2AsCl2/c4-2-1-3-5/h1-2H/b2-1+. The number of hydrogen-bond acceptors (Lipinski definition) is 0. The van der Waals surface area contributed by atoms with Gasteiger partial charge in [-0.1, -0.05) is 0 Å². The first-order chi connectivity index (χ1) is 2.41. The molecule has 0 aliphatic rings. The Morgan fingerprint density at radius 3 is 2.20 bits per heavy atom. The summed E-state index contributed by atoms with van der Waals surface area (Å²) in [6.45, 7) is 0. The molecule has 0 unspecified atom stereocenters. The Hall–Kier alpha value is 0.878. The van der Waals surface area contributed by atoms with E-state index in [2.05, 4.69) is 0 Å². The van der Waals surface area contributed by atoms with Crippen LogP contribution in [-0.2, 0) is 0 Å². The van der Waals surface area contributed by atoms with Crippen molar-refractivity contribution in [3.63, 3.8) is 0 Å². The predicted octanol–water partition coefficient (Wildman–Crippen LogP) is 1.55. The fraction of sp³-hybridized carbons (Fsp3) is 0. The van der Waals surface area contributed by atoms with Crippen molar-refractivity contribution >= 4 is 36.4 Å². The van der Waals surface area contributed by atoms with Gasteiger partial charge < -0.3 is 0 Å². The van der Waals surface area contributed by atoms with Crippen LogP contribution >= 0.6 is 21.6 Å². The zero-order chi connectivity index (χ0) is 4.12. The first-order valence-corrected chi connectivity index (χ1v) is 4.96. The second-order valence-corrected chi connectivity index (χ2v) is 2.67. The number of hydrogen-bond donors (Lipinski definition) is 0. The molecule has 1 radical (unpaired) electrons. The normalized spacial score (nSPS) is 12.4. The summed E-state index contributed by atoms with van der Waals surface area (Å²) in [4.78, 5) is 1.75. The van der Waals surface area contributed by atoms with Crippen LogP contribution in [0, 0.1) is 0 Å². The van der Waals surface area contributed by atoms with E-state index in [9.17, 15) is 0 Å². The van der Waals surface area contributed by atoms with Crippen LogP contribution in [0.5, 0.6) is 0 Å². The van der Waals surface area contributed by atoms with Gasteiger partial charge in [0, 0.05) is 0 Å². The summed E-state index contributed by atoms with van der Waals surface area (Å²) in [6.07, 6.45) is 0. The third-order valence-corrected chi connectivity index (χ3v) is 1.76. The van der Waals surface area contributed by atoms with Gasteiger partial charge in [-0.25, -0.2) is 0 Å². The van der Waals surface area contributed by atoms with Crippen LogP contribution in [0.4, 0.5) is 0 Å². The summed E-state index contributed by atoms with van der Waals surface area (Å²) in [6, 6.07) is 0. The van der Waals surface area contributed by atoms with Crippen LogP contribution in [0.1, 0.15) is 0 Å². The van der Waals surface area contributed by atoms with Crippen LogP contribution in [-0.4, -0.2) is 14.8 Å². The van der Waals surface area contributed by atoms with E-state index in [0.717, 1.165) is 0 Å². The maximum absolute atomic E-state index is 5.22. The van der Waals surface area contributed by atoms with Gasteiger partial charge in [0.05, 0.1) is 0 Å². The molecule has 0 fully saturated rings. The topological polar surface area (TPSA) is 0 Å². The first-order valence-electron chi connectivity index (χ1n) is 0.979. The Bertz CT molecular complexity index is 34.6. The maximum atomic E-state index is 5.22. The molecule has 5 heavy (non-hydrogen) atoms. The van der Waals surface area contributed by atoms with Gasteiger partial charge in [-0.3, -0.25) is 0 Å². The monoisotopic (exact) mass is 171 g/mol. The van der Waals surface area contributed by atoms with E-state index in [-0.39, 0.29) is 14.8 Å². The second-order valence-electron chi connectivity index (χ2n) is 0.373. The summed E-state index contributed by atoms with van der Waals surface area (Å²) < 4.78 is 0. The number of rotatable bonds is 1. The molecule has 3 heteroatoms. The van der Waals surface area contributed by atoms with Crippen molar-refractivity contribution in [1.82, 2.24) is 0 Å². The Morgan fingerprint density at radius 2 is 2.20 bits per heavy atom. The van der Waals surface area contributed by atoms with Gasteiger partial charge >= 0.3 is 46.8 Å². The van der Waals surface area contributed by atoms with Crippen molar-refractivity contribution in [2.45, 2.75) is 0 Å². The molecule has 0 aromatic heterocycles. The van der Waals surface area contributed by atoms with E-state index in [1.165, 1.54) is 5.54 Å². The van der Waals surface area contributed by atoms with E-state index >= 15 is 0 Å². The molecule has 0 aromatic rings. The Morgan fingerprint density at radius 1 is 1.60 bits per heavy atom. The average Bonchev–Trinajstić information content (AvgIpc) is 1.41. The summed E-state index contributed by atoms with van der Waals surface area (Å²) in [5.74, 6) is 0. The zero-order valence-corrected chi connectivity index (χ0v) is 5.75. The van der Waals surface area contributed by atoms with Crippen molar-refractivity contribution in [3.8, 4) is 0 Å². The van der Waals surface area contributed by atoms with Crippen molar-refractivity contribution in [2.24, 2.45) is 0 Å². The third kappa shape index (κ3) is 4.88. The van der Waals surface area contributed by atoms with E-state index in [1.54, 1.807) is 4.86 Å². The van der Waals surface area contributed by atoms with Crippen LogP contribution < -0.4 is 0 Å². The summed E-state index contributed by atoms with van der Waals surface area (Å²) in [5, 5.41) is 0.